The van der Waals surface area contributed by atoms with Crippen molar-refractivity contribution in [1.82, 2.24) is 4.98 Å². The molecule has 6 heteroatoms. The van der Waals surface area contributed by atoms with Crippen molar-refractivity contribution in [1.29, 1.82) is 0 Å². The number of nitrogens with zero attached hydrogens (tertiary/aromatic N) is 1. The number of methoxy groups -OCH3 is 1. The molecular weight excluding hydrogens is 416 g/mol. The van der Waals surface area contributed by atoms with Gasteiger partial charge >= 0.3 is 5.97 Å². The SMILES string of the molecule is COc1cc(C)c2[nH]ccc2c1CN1CC[C@H](OCC2CC2)c2ccc(CCC(=O)O)cc21. The number of fused-ring (bicyclic) bond motifs is 2. The molecule has 0 saturated heterocycles. The Kier molecular flexibility index (Phi) is 6.02. The van der Waals surface area contributed by atoms with E-state index in [4.69, 9.17) is 14.6 Å². The molecule has 2 aliphatic rings. The molecule has 2 N–H and O–H groups in total. The van der Waals surface area contributed by atoms with E-state index in [-0.39, 0.29) is 12.5 Å². The number of hydrogen-bond donors (Lipinski definition) is 2. The molecule has 1 aliphatic carbocycles. The first-order valence-corrected chi connectivity index (χ1v) is 11.9. The Morgan fingerprint density at radius 3 is 2.82 bits per heavy atom. The number of ether oxygens (including phenoxy) is 2. The number of aromatic nitrogens is 1. The number of carboxylic acids is 1. The van der Waals surface area contributed by atoms with Gasteiger partial charge < -0.3 is 24.5 Å². The number of aryl methyl sites for hydroxylation is 2. The lowest BCUT2D eigenvalue weighted by atomic mass is 9.94. The summed E-state index contributed by atoms with van der Waals surface area (Å²) in [5, 5.41) is 10.3. The minimum Gasteiger partial charge on any atom is -0.496 e. The van der Waals surface area contributed by atoms with Crippen LogP contribution in [0.1, 0.15) is 54.0 Å². The summed E-state index contributed by atoms with van der Waals surface area (Å²) in [4.78, 5) is 16.9. The summed E-state index contributed by atoms with van der Waals surface area (Å²) < 4.78 is 12.1. The van der Waals surface area contributed by atoms with Crippen LogP contribution in [0.15, 0.2) is 36.5 Å². The average Bonchev–Trinajstić information content (AvgIpc) is 3.51. The molecule has 1 atom stereocenters. The molecule has 1 aliphatic heterocycles. The van der Waals surface area contributed by atoms with Crippen molar-refractivity contribution in [3.8, 4) is 5.75 Å². The number of rotatable bonds is 9. The highest BCUT2D eigenvalue weighted by molar-refractivity contribution is 5.88. The molecule has 174 valence electrons. The summed E-state index contributed by atoms with van der Waals surface area (Å²) in [5.41, 5.74) is 6.88. The van der Waals surface area contributed by atoms with E-state index in [1.165, 1.54) is 34.9 Å². The second-order valence-electron chi connectivity index (χ2n) is 9.40. The third kappa shape index (κ3) is 4.58. The van der Waals surface area contributed by atoms with Crippen molar-refractivity contribution < 1.29 is 19.4 Å². The largest absolute Gasteiger partial charge is 0.496 e. The Labute approximate surface area is 194 Å². The molecular formula is C27H32N2O4. The smallest absolute Gasteiger partial charge is 0.303 e. The second-order valence-corrected chi connectivity index (χ2v) is 9.40. The zero-order valence-corrected chi connectivity index (χ0v) is 19.4. The van der Waals surface area contributed by atoms with Crippen LogP contribution < -0.4 is 9.64 Å². The van der Waals surface area contributed by atoms with Gasteiger partial charge in [0.1, 0.15) is 5.75 Å². The van der Waals surface area contributed by atoms with E-state index in [9.17, 15) is 4.79 Å². The van der Waals surface area contributed by atoms with Gasteiger partial charge in [0.05, 0.1) is 19.8 Å². The molecule has 0 radical (unpaired) electrons. The molecule has 33 heavy (non-hydrogen) atoms. The van der Waals surface area contributed by atoms with Gasteiger partial charge in [0, 0.05) is 53.4 Å². The van der Waals surface area contributed by atoms with Crippen LogP contribution in [0.2, 0.25) is 0 Å². The predicted molar refractivity (Wildman–Crippen MR) is 129 cm³/mol. The van der Waals surface area contributed by atoms with Gasteiger partial charge in [-0.15, -0.1) is 0 Å². The average molecular weight is 449 g/mol. The summed E-state index contributed by atoms with van der Waals surface area (Å²) in [7, 11) is 1.73. The van der Waals surface area contributed by atoms with Crippen LogP contribution in [0.3, 0.4) is 0 Å². The van der Waals surface area contributed by atoms with Crippen molar-refractivity contribution in [2.24, 2.45) is 5.92 Å². The summed E-state index contributed by atoms with van der Waals surface area (Å²) in [6.07, 6.45) is 6.24. The maximum Gasteiger partial charge on any atom is 0.303 e. The number of carbonyl (C=O) groups is 1. The van der Waals surface area contributed by atoms with Gasteiger partial charge in [-0.3, -0.25) is 4.79 Å². The van der Waals surface area contributed by atoms with E-state index < -0.39 is 5.97 Å². The number of anilines is 1. The third-order valence-corrected chi connectivity index (χ3v) is 6.98. The van der Waals surface area contributed by atoms with E-state index in [0.29, 0.717) is 6.42 Å². The van der Waals surface area contributed by atoms with Crippen molar-refractivity contribution >= 4 is 22.6 Å². The molecule has 0 bridgehead atoms. The Bertz CT molecular complexity index is 1160. The molecule has 0 amide bonds. The summed E-state index contributed by atoms with van der Waals surface area (Å²) in [5.74, 6) is 0.852. The summed E-state index contributed by atoms with van der Waals surface area (Å²) >= 11 is 0. The first kappa shape index (κ1) is 21.8. The van der Waals surface area contributed by atoms with Gasteiger partial charge in [0.15, 0.2) is 0 Å². The fourth-order valence-corrected chi connectivity index (χ4v) is 4.94. The highest BCUT2D eigenvalue weighted by Gasteiger charge is 2.30. The van der Waals surface area contributed by atoms with Crippen LogP contribution in [0, 0.1) is 12.8 Å². The topological polar surface area (TPSA) is 74.8 Å². The van der Waals surface area contributed by atoms with E-state index >= 15 is 0 Å². The van der Waals surface area contributed by atoms with E-state index in [1.54, 1.807) is 7.11 Å². The quantitative estimate of drug-likeness (QED) is 0.460. The Morgan fingerprint density at radius 1 is 1.21 bits per heavy atom. The van der Waals surface area contributed by atoms with Crippen LogP contribution in [0.5, 0.6) is 5.75 Å². The number of carboxylic acid groups (broad SMARTS) is 1. The molecule has 3 aromatic rings. The van der Waals surface area contributed by atoms with Crippen LogP contribution in [0.25, 0.3) is 10.9 Å². The molecule has 2 aromatic carbocycles. The fourth-order valence-electron chi connectivity index (χ4n) is 4.94. The van der Waals surface area contributed by atoms with Gasteiger partial charge in [0.25, 0.3) is 0 Å². The molecule has 1 aromatic heterocycles. The third-order valence-electron chi connectivity index (χ3n) is 6.98. The van der Waals surface area contributed by atoms with Crippen molar-refractivity contribution in [3.05, 3.63) is 58.8 Å². The highest BCUT2D eigenvalue weighted by atomic mass is 16.5. The number of H-pyrrole nitrogens is 1. The van der Waals surface area contributed by atoms with Crippen molar-refractivity contribution in [2.75, 3.05) is 25.2 Å². The zero-order chi connectivity index (χ0) is 22.9. The van der Waals surface area contributed by atoms with Gasteiger partial charge in [-0.25, -0.2) is 0 Å². The Hall–Kier alpha value is -2.99. The van der Waals surface area contributed by atoms with Crippen molar-refractivity contribution in [3.63, 3.8) is 0 Å². The second kappa shape index (κ2) is 9.10. The summed E-state index contributed by atoms with van der Waals surface area (Å²) in [6, 6.07) is 10.6. The standard InChI is InChI=1S/C27H32N2O4/c1-17-13-25(32-2)22(20-9-11-28-27(17)20)15-29-12-10-24(33-16-19-3-4-19)21-7-5-18(14-23(21)29)6-8-26(30)31/h5,7,9,11,13-14,19,24,28H,3-4,6,8,10,12,15-16H2,1-2H3,(H,30,31)/t24-/m0/s1. The van der Waals surface area contributed by atoms with Crippen molar-refractivity contribution in [2.45, 2.75) is 51.7 Å². The molecule has 2 heterocycles. The van der Waals surface area contributed by atoms with E-state index in [1.807, 2.05) is 6.20 Å². The molecule has 1 saturated carbocycles. The Morgan fingerprint density at radius 2 is 2.06 bits per heavy atom. The lowest BCUT2D eigenvalue weighted by molar-refractivity contribution is -0.136. The van der Waals surface area contributed by atoms with Crippen LogP contribution in [-0.4, -0.2) is 36.3 Å². The monoisotopic (exact) mass is 448 g/mol. The lowest BCUT2D eigenvalue weighted by Gasteiger charge is -2.36. The van der Waals surface area contributed by atoms with Gasteiger partial charge in [-0.2, -0.15) is 0 Å². The maximum atomic E-state index is 11.1. The van der Waals surface area contributed by atoms with Crippen LogP contribution in [-0.2, 0) is 22.5 Å². The predicted octanol–water partition coefficient (Wildman–Crippen LogP) is 5.38. The number of aliphatic carboxylic acids is 1. The van der Waals surface area contributed by atoms with Crippen LogP contribution in [0.4, 0.5) is 5.69 Å². The number of hydrogen-bond acceptors (Lipinski definition) is 4. The molecule has 6 nitrogen and oxygen atoms in total. The fraction of sp³-hybridized carbons (Fsp3) is 0.444. The minimum atomic E-state index is -0.769. The molecule has 1 fully saturated rings. The highest BCUT2D eigenvalue weighted by Crippen LogP contribution is 2.41. The zero-order valence-electron chi connectivity index (χ0n) is 19.4. The maximum absolute atomic E-state index is 11.1. The lowest BCUT2D eigenvalue weighted by Crippen LogP contribution is -2.32. The summed E-state index contributed by atoms with van der Waals surface area (Å²) in [6.45, 7) is 4.54. The molecule has 5 rings (SSSR count). The van der Waals surface area contributed by atoms with Crippen LogP contribution >= 0.6 is 0 Å². The number of aromatic amines is 1. The van der Waals surface area contributed by atoms with E-state index in [2.05, 4.69) is 47.1 Å². The van der Waals surface area contributed by atoms with E-state index in [0.717, 1.165) is 54.6 Å². The normalized spacial score (nSPS) is 17.9. The molecule has 0 spiro atoms. The minimum absolute atomic E-state index is 0.0950. The number of benzene rings is 2. The van der Waals surface area contributed by atoms with Gasteiger partial charge in [0.2, 0.25) is 0 Å². The van der Waals surface area contributed by atoms with Gasteiger partial charge in [-0.1, -0.05) is 12.1 Å². The first-order valence-electron chi connectivity index (χ1n) is 11.9. The Balaban J connectivity index is 1.49. The van der Waals surface area contributed by atoms with Gasteiger partial charge in [-0.05, 0) is 67.9 Å². The number of nitrogens with one attached hydrogen (secondary N) is 1. The first-order chi connectivity index (χ1) is 16.0. The molecule has 0 unspecified atom stereocenters.